The first-order valence-electron chi connectivity index (χ1n) is 10.7. The lowest BCUT2D eigenvalue weighted by Gasteiger charge is -2.13. The summed E-state index contributed by atoms with van der Waals surface area (Å²) in [4.78, 5) is 35.8. The molecular weight excluding hydrogens is 442 g/mol. The highest BCUT2D eigenvalue weighted by molar-refractivity contribution is 7.99. The van der Waals surface area contributed by atoms with Crippen molar-refractivity contribution >= 4 is 56.6 Å². The number of aryl methyl sites for hydroxylation is 5. The highest BCUT2D eigenvalue weighted by Crippen LogP contribution is 2.38. The summed E-state index contributed by atoms with van der Waals surface area (Å²) in [5, 5.41) is 7.01. The van der Waals surface area contributed by atoms with Gasteiger partial charge in [-0.15, -0.1) is 11.3 Å². The number of fused-ring (bicyclic) bond motifs is 3. The Morgan fingerprint density at radius 2 is 1.81 bits per heavy atom. The Balaban J connectivity index is 1.32. The van der Waals surface area contributed by atoms with E-state index >= 15 is 0 Å². The fourth-order valence-electron chi connectivity index (χ4n) is 4.15. The van der Waals surface area contributed by atoms with Crippen LogP contribution in [0.4, 0.5) is 11.5 Å². The van der Waals surface area contributed by atoms with Gasteiger partial charge in [0.05, 0.1) is 17.7 Å². The van der Waals surface area contributed by atoms with Gasteiger partial charge in [-0.3, -0.25) is 9.59 Å². The first-order valence-corrected chi connectivity index (χ1v) is 12.5. The van der Waals surface area contributed by atoms with E-state index < -0.39 is 0 Å². The molecule has 2 heterocycles. The molecule has 0 saturated heterocycles. The molecule has 0 radical (unpaired) electrons. The second-order valence-electron chi connectivity index (χ2n) is 8.17. The van der Waals surface area contributed by atoms with Crippen LogP contribution in [0.25, 0.3) is 10.2 Å². The van der Waals surface area contributed by atoms with Crippen molar-refractivity contribution < 1.29 is 9.59 Å². The number of hydrogen-bond acceptors (Lipinski definition) is 7. The molecule has 0 atom stereocenters. The van der Waals surface area contributed by atoms with Crippen LogP contribution in [0, 0.1) is 20.8 Å². The fourth-order valence-corrected chi connectivity index (χ4v) is 6.16. The van der Waals surface area contributed by atoms with Crippen LogP contribution in [0.5, 0.6) is 0 Å². The van der Waals surface area contributed by atoms with Gasteiger partial charge in [-0.25, -0.2) is 9.97 Å². The molecule has 7 nitrogen and oxygen atoms in total. The fraction of sp³-hybridized carbons (Fsp3) is 0.391. The van der Waals surface area contributed by atoms with Gasteiger partial charge in [0.1, 0.15) is 10.6 Å². The molecule has 168 valence electrons. The number of aromatic nitrogens is 2. The van der Waals surface area contributed by atoms with Crippen molar-refractivity contribution in [3.63, 3.8) is 0 Å². The molecule has 4 N–H and O–H groups in total. The van der Waals surface area contributed by atoms with Crippen molar-refractivity contribution in [3.05, 3.63) is 39.3 Å². The molecule has 9 heteroatoms. The van der Waals surface area contributed by atoms with Crippen LogP contribution in [-0.2, 0) is 22.4 Å². The van der Waals surface area contributed by atoms with E-state index in [-0.39, 0.29) is 24.1 Å². The molecule has 0 fully saturated rings. The predicted octanol–water partition coefficient (Wildman–Crippen LogP) is 3.92. The molecule has 4 rings (SSSR count). The maximum Gasteiger partial charge on any atom is 0.243 e. The minimum atomic E-state index is -0.260. The Hall–Kier alpha value is -2.65. The maximum atomic E-state index is 12.3. The normalized spacial score (nSPS) is 13.1. The third-order valence-corrected chi connectivity index (χ3v) is 7.58. The van der Waals surface area contributed by atoms with E-state index in [1.165, 1.54) is 35.0 Å². The van der Waals surface area contributed by atoms with Crippen LogP contribution in [-0.4, -0.2) is 34.1 Å². The second kappa shape index (κ2) is 9.46. The number of amides is 2. The van der Waals surface area contributed by atoms with Crippen LogP contribution in [0.1, 0.15) is 40.0 Å². The maximum absolute atomic E-state index is 12.3. The highest BCUT2D eigenvalue weighted by atomic mass is 32.2. The van der Waals surface area contributed by atoms with E-state index in [9.17, 15) is 9.59 Å². The average molecular weight is 470 g/mol. The van der Waals surface area contributed by atoms with Crippen LogP contribution >= 0.6 is 23.1 Å². The van der Waals surface area contributed by atoms with Crippen molar-refractivity contribution in [3.8, 4) is 0 Å². The first-order chi connectivity index (χ1) is 15.3. The Morgan fingerprint density at radius 3 is 2.56 bits per heavy atom. The lowest BCUT2D eigenvalue weighted by atomic mass is 9.97. The van der Waals surface area contributed by atoms with Crippen LogP contribution in [0.15, 0.2) is 17.3 Å². The Labute approximate surface area is 195 Å². The molecule has 0 bridgehead atoms. The molecule has 32 heavy (non-hydrogen) atoms. The van der Waals surface area contributed by atoms with Crippen molar-refractivity contribution in [1.82, 2.24) is 15.3 Å². The number of carbonyl (C=O) groups excluding carboxylic acids is 2. The zero-order valence-corrected chi connectivity index (χ0v) is 20.1. The minimum absolute atomic E-state index is 0.0914. The summed E-state index contributed by atoms with van der Waals surface area (Å²) in [6.45, 7) is 5.84. The topological polar surface area (TPSA) is 110 Å². The van der Waals surface area contributed by atoms with Gasteiger partial charge in [0, 0.05) is 10.6 Å². The number of nitrogens with one attached hydrogen (secondary N) is 2. The van der Waals surface area contributed by atoms with Gasteiger partial charge in [-0.1, -0.05) is 29.5 Å². The van der Waals surface area contributed by atoms with Crippen molar-refractivity contribution in [2.75, 3.05) is 23.3 Å². The average Bonchev–Trinajstić information content (AvgIpc) is 3.12. The molecule has 0 spiro atoms. The summed E-state index contributed by atoms with van der Waals surface area (Å²) in [6, 6.07) is 4.04. The lowest BCUT2D eigenvalue weighted by molar-refractivity contribution is -0.122. The van der Waals surface area contributed by atoms with Gasteiger partial charge in [-0.2, -0.15) is 0 Å². The summed E-state index contributed by atoms with van der Waals surface area (Å²) in [7, 11) is 0. The smallest absolute Gasteiger partial charge is 0.243 e. The second-order valence-corrected chi connectivity index (χ2v) is 10.2. The number of carbonyl (C=O) groups is 2. The van der Waals surface area contributed by atoms with Crippen LogP contribution in [0.3, 0.4) is 0 Å². The molecular formula is C23H27N5O2S2. The highest BCUT2D eigenvalue weighted by Gasteiger charge is 2.20. The SMILES string of the molecule is Cc1cc(C)c(NC(=O)CNC(=O)CSc2nc(N)c3c4c(sc3n2)CCCC4)c(C)c1. The van der Waals surface area contributed by atoms with Gasteiger partial charge in [0.15, 0.2) is 5.16 Å². The van der Waals surface area contributed by atoms with Gasteiger partial charge in [0.2, 0.25) is 11.8 Å². The number of anilines is 2. The predicted molar refractivity (Wildman–Crippen MR) is 131 cm³/mol. The van der Waals surface area contributed by atoms with Crippen molar-refractivity contribution in [1.29, 1.82) is 0 Å². The van der Waals surface area contributed by atoms with E-state index in [1.54, 1.807) is 11.3 Å². The number of nitrogens with zero attached hydrogens (tertiary/aromatic N) is 2. The number of thiophene rings is 1. The Morgan fingerprint density at radius 1 is 1.09 bits per heavy atom. The molecule has 2 amide bonds. The van der Waals surface area contributed by atoms with Gasteiger partial charge < -0.3 is 16.4 Å². The molecule has 1 aromatic carbocycles. The third-order valence-electron chi connectivity index (χ3n) is 5.54. The van der Waals surface area contributed by atoms with E-state index in [0.717, 1.165) is 45.4 Å². The minimum Gasteiger partial charge on any atom is -0.383 e. The number of nitrogens with two attached hydrogens (primary N) is 1. The van der Waals surface area contributed by atoms with Crippen molar-refractivity contribution in [2.45, 2.75) is 51.6 Å². The van der Waals surface area contributed by atoms with Crippen LogP contribution in [0.2, 0.25) is 0 Å². The molecule has 2 aromatic heterocycles. The summed E-state index contributed by atoms with van der Waals surface area (Å²) in [5.74, 6) is 0.0894. The lowest BCUT2D eigenvalue weighted by Crippen LogP contribution is -2.34. The molecule has 0 aliphatic heterocycles. The van der Waals surface area contributed by atoms with E-state index in [0.29, 0.717) is 11.0 Å². The third kappa shape index (κ3) is 4.88. The first kappa shape index (κ1) is 22.5. The molecule has 0 saturated carbocycles. The summed E-state index contributed by atoms with van der Waals surface area (Å²) in [6.07, 6.45) is 4.48. The number of thioether (sulfide) groups is 1. The van der Waals surface area contributed by atoms with E-state index in [2.05, 4.69) is 20.6 Å². The standard InChI is InChI=1S/C23H27N5O2S2/c1-12-8-13(2)20(14(3)9-12)26-17(29)10-25-18(30)11-31-23-27-21(24)19-15-6-4-5-7-16(15)32-22(19)28-23/h8-9H,4-7,10-11H2,1-3H3,(H,25,30)(H,26,29)(H2,24,27,28). The molecule has 0 unspecified atom stereocenters. The summed E-state index contributed by atoms with van der Waals surface area (Å²) >= 11 is 2.91. The van der Waals surface area contributed by atoms with Crippen molar-refractivity contribution in [2.24, 2.45) is 0 Å². The summed E-state index contributed by atoms with van der Waals surface area (Å²) < 4.78 is 0. The van der Waals surface area contributed by atoms with Gasteiger partial charge in [0.25, 0.3) is 0 Å². The van der Waals surface area contributed by atoms with Gasteiger partial charge in [-0.05, 0) is 63.1 Å². The monoisotopic (exact) mass is 469 g/mol. The van der Waals surface area contributed by atoms with E-state index in [1.807, 2.05) is 32.9 Å². The molecule has 1 aliphatic rings. The molecule has 1 aliphatic carbocycles. The quantitative estimate of drug-likeness (QED) is 0.373. The zero-order valence-electron chi connectivity index (χ0n) is 18.5. The number of hydrogen-bond donors (Lipinski definition) is 3. The summed E-state index contributed by atoms with van der Waals surface area (Å²) in [5.41, 5.74) is 11.5. The van der Waals surface area contributed by atoms with Crippen LogP contribution < -0.4 is 16.4 Å². The Kier molecular flexibility index (Phi) is 6.66. The van der Waals surface area contributed by atoms with E-state index in [4.69, 9.17) is 5.73 Å². The van der Waals surface area contributed by atoms with Gasteiger partial charge >= 0.3 is 0 Å². The number of benzene rings is 1. The zero-order chi connectivity index (χ0) is 22.8. The number of nitrogen functional groups attached to an aromatic ring is 1. The largest absolute Gasteiger partial charge is 0.383 e. The number of rotatable bonds is 6. The molecule has 3 aromatic rings. The Bertz CT molecular complexity index is 1180.